The van der Waals surface area contributed by atoms with Gasteiger partial charge in [-0.15, -0.1) is 0 Å². The van der Waals surface area contributed by atoms with Gasteiger partial charge in [0, 0.05) is 13.1 Å². The molecule has 0 aliphatic heterocycles. The Kier molecular flexibility index (Phi) is 6.52. The Bertz CT molecular complexity index is 457. The number of ether oxygens (including phenoxy) is 1. The summed E-state index contributed by atoms with van der Waals surface area (Å²) in [6.07, 6.45) is 1.08. The molecule has 112 valence electrons. The lowest BCUT2D eigenvalue weighted by atomic mass is 10.1. The molecule has 0 spiro atoms. The van der Waals surface area contributed by atoms with Crippen molar-refractivity contribution in [3.05, 3.63) is 28.8 Å². The maximum atomic E-state index is 10.5. The van der Waals surface area contributed by atoms with E-state index >= 15 is 0 Å². The third kappa shape index (κ3) is 5.21. The number of carboxylic acids is 1. The van der Waals surface area contributed by atoms with Crippen molar-refractivity contribution in [2.75, 3.05) is 26.7 Å². The highest BCUT2D eigenvalue weighted by molar-refractivity contribution is 5.66. The summed E-state index contributed by atoms with van der Waals surface area (Å²) in [6.45, 7) is 8.30. The normalized spacial score (nSPS) is 10.8. The first kappa shape index (κ1) is 16.5. The first-order valence-electron chi connectivity index (χ1n) is 7.01. The molecule has 1 aromatic carbocycles. The van der Waals surface area contributed by atoms with Gasteiger partial charge in [-0.2, -0.15) is 0 Å². The number of benzene rings is 1. The first-order valence-corrected chi connectivity index (χ1v) is 7.01. The van der Waals surface area contributed by atoms with Gasteiger partial charge in [-0.05, 0) is 50.9 Å². The number of nitrogens with zero attached hydrogens (tertiary/aromatic N) is 1. The third-order valence-electron chi connectivity index (χ3n) is 3.51. The molecule has 0 aromatic heterocycles. The van der Waals surface area contributed by atoms with E-state index in [1.54, 1.807) is 0 Å². The summed E-state index contributed by atoms with van der Waals surface area (Å²) in [6, 6.07) is 4.19. The predicted molar refractivity (Wildman–Crippen MR) is 80.5 cm³/mol. The lowest BCUT2D eigenvalue weighted by Crippen LogP contribution is -2.24. The molecule has 20 heavy (non-hydrogen) atoms. The van der Waals surface area contributed by atoms with E-state index in [0.29, 0.717) is 13.2 Å². The summed E-state index contributed by atoms with van der Waals surface area (Å²) in [5.74, 6) is 0.234. The molecule has 0 amide bonds. The molecular weight excluding hydrogens is 254 g/mol. The van der Waals surface area contributed by atoms with Gasteiger partial charge in [0.2, 0.25) is 0 Å². The van der Waals surface area contributed by atoms with E-state index in [0.717, 1.165) is 24.3 Å². The van der Waals surface area contributed by atoms with Gasteiger partial charge in [-0.1, -0.05) is 12.1 Å². The summed E-state index contributed by atoms with van der Waals surface area (Å²) in [5.41, 5.74) is 3.60. The van der Waals surface area contributed by atoms with Crippen LogP contribution in [-0.2, 0) is 4.79 Å². The predicted octanol–water partition coefficient (Wildman–Crippen LogP) is 2.79. The lowest BCUT2D eigenvalue weighted by molar-refractivity contribution is -0.137. The Labute approximate surface area is 121 Å². The Morgan fingerprint density at radius 2 is 1.85 bits per heavy atom. The molecule has 1 aromatic rings. The van der Waals surface area contributed by atoms with E-state index in [4.69, 9.17) is 9.84 Å². The van der Waals surface area contributed by atoms with Gasteiger partial charge in [0.1, 0.15) is 5.75 Å². The first-order chi connectivity index (χ1) is 9.41. The number of carboxylic acid groups (broad SMARTS) is 1. The van der Waals surface area contributed by atoms with Crippen LogP contribution < -0.4 is 4.74 Å². The Balaban J connectivity index is 2.35. The van der Waals surface area contributed by atoms with Crippen LogP contribution in [0.4, 0.5) is 0 Å². The Hall–Kier alpha value is -1.55. The largest absolute Gasteiger partial charge is 0.493 e. The van der Waals surface area contributed by atoms with Crippen LogP contribution in [0, 0.1) is 20.8 Å². The van der Waals surface area contributed by atoms with Crippen molar-refractivity contribution in [2.45, 2.75) is 33.6 Å². The van der Waals surface area contributed by atoms with Crippen molar-refractivity contribution in [3.8, 4) is 5.75 Å². The highest BCUT2D eigenvalue weighted by atomic mass is 16.5. The van der Waals surface area contributed by atoms with Crippen LogP contribution in [0.15, 0.2) is 12.1 Å². The van der Waals surface area contributed by atoms with Crippen molar-refractivity contribution in [3.63, 3.8) is 0 Å². The van der Waals surface area contributed by atoms with Crippen LogP contribution in [0.5, 0.6) is 5.75 Å². The molecule has 4 heteroatoms. The lowest BCUT2D eigenvalue weighted by Gasteiger charge is -2.17. The second kappa shape index (κ2) is 7.90. The average Bonchev–Trinajstić information content (AvgIpc) is 2.40. The van der Waals surface area contributed by atoms with E-state index in [2.05, 4.69) is 32.9 Å². The fourth-order valence-electron chi connectivity index (χ4n) is 2.05. The van der Waals surface area contributed by atoms with Crippen LogP contribution in [0.25, 0.3) is 0 Å². The van der Waals surface area contributed by atoms with Crippen molar-refractivity contribution in [1.82, 2.24) is 4.90 Å². The highest BCUT2D eigenvalue weighted by Gasteiger charge is 2.07. The van der Waals surface area contributed by atoms with Crippen molar-refractivity contribution in [2.24, 2.45) is 0 Å². The average molecular weight is 279 g/mol. The van der Waals surface area contributed by atoms with Crippen LogP contribution in [0.3, 0.4) is 0 Å². The smallest absolute Gasteiger partial charge is 0.304 e. The molecule has 0 aliphatic rings. The van der Waals surface area contributed by atoms with Gasteiger partial charge in [0.25, 0.3) is 0 Å². The Morgan fingerprint density at radius 3 is 2.50 bits per heavy atom. The zero-order chi connectivity index (χ0) is 15.1. The molecule has 0 radical (unpaired) electrons. The highest BCUT2D eigenvalue weighted by Crippen LogP contribution is 2.25. The summed E-state index contributed by atoms with van der Waals surface area (Å²) < 4.78 is 5.88. The van der Waals surface area contributed by atoms with E-state index in [1.807, 2.05) is 11.9 Å². The standard InChI is InChI=1S/C16H25NO3/c1-12-6-7-13(2)16(14(12)3)20-11-5-9-17(4)10-8-15(18)19/h6-7H,5,8-11H2,1-4H3,(H,18,19). The third-order valence-corrected chi connectivity index (χ3v) is 3.51. The summed E-state index contributed by atoms with van der Waals surface area (Å²) in [4.78, 5) is 12.5. The van der Waals surface area contributed by atoms with Gasteiger partial charge < -0.3 is 14.7 Å². The fourth-order valence-corrected chi connectivity index (χ4v) is 2.05. The molecule has 4 nitrogen and oxygen atoms in total. The SMILES string of the molecule is Cc1ccc(C)c(OCCCN(C)CCC(=O)O)c1C. The fraction of sp³-hybridized carbons (Fsp3) is 0.562. The zero-order valence-corrected chi connectivity index (χ0v) is 12.9. The quantitative estimate of drug-likeness (QED) is 0.743. The van der Waals surface area contributed by atoms with E-state index in [9.17, 15) is 4.79 Å². The van der Waals surface area contributed by atoms with E-state index in [1.165, 1.54) is 11.1 Å². The van der Waals surface area contributed by atoms with Crippen LogP contribution >= 0.6 is 0 Å². The zero-order valence-electron chi connectivity index (χ0n) is 12.9. The molecule has 0 heterocycles. The number of hydrogen-bond acceptors (Lipinski definition) is 3. The maximum Gasteiger partial charge on any atom is 0.304 e. The van der Waals surface area contributed by atoms with Crippen LogP contribution in [0.1, 0.15) is 29.5 Å². The van der Waals surface area contributed by atoms with Crippen LogP contribution in [-0.4, -0.2) is 42.7 Å². The van der Waals surface area contributed by atoms with Gasteiger partial charge >= 0.3 is 5.97 Å². The number of aryl methyl sites for hydroxylation is 2. The molecule has 0 bridgehead atoms. The molecule has 0 atom stereocenters. The minimum absolute atomic E-state index is 0.188. The topological polar surface area (TPSA) is 49.8 Å². The van der Waals surface area contributed by atoms with Gasteiger partial charge in [-0.25, -0.2) is 0 Å². The monoisotopic (exact) mass is 279 g/mol. The maximum absolute atomic E-state index is 10.5. The minimum Gasteiger partial charge on any atom is -0.493 e. The van der Waals surface area contributed by atoms with Gasteiger partial charge in [0.15, 0.2) is 0 Å². The van der Waals surface area contributed by atoms with Crippen molar-refractivity contribution >= 4 is 5.97 Å². The number of hydrogen-bond donors (Lipinski definition) is 1. The summed E-state index contributed by atoms with van der Waals surface area (Å²) in [5, 5.41) is 8.62. The number of rotatable bonds is 8. The van der Waals surface area contributed by atoms with Gasteiger partial charge in [0.05, 0.1) is 13.0 Å². The Morgan fingerprint density at radius 1 is 1.20 bits per heavy atom. The molecule has 1 rings (SSSR count). The molecule has 0 saturated carbocycles. The molecular formula is C16H25NO3. The number of aliphatic carboxylic acids is 1. The second-order valence-corrected chi connectivity index (χ2v) is 5.30. The number of carbonyl (C=O) groups is 1. The van der Waals surface area contributed by atoms with E-state index < -0.39 is 5.97 Å². The van der Waals surface area contributed by atoms with E-state index in [-0.39, 0.29) is 6.42 Å². The summed E-state index contributed by atoms with van der Waals surface area (Å²) in [7, 11) is 1.94. The van der Waals surface area contributed by atoms with Crippen molar-refractivity contribution in [1.29, 1.82) is 0 Å². The molecule has 1 N–H and O–H groups in total. The summed E-state index contributed by atoms with van der Waals surface area (Å²) >= 11 is 0. The molecule has 0 aliphatic carbocycles. The molecule has 0 unspecified atom stereocenters. The molecule has 0 fully saturated rings. The van der Waals surface area contributed by atoms with Crippen LogP contribution in [0.2, 0.25) is 0 Å². The minimum atomic E-state index is -0.751. The van der Waals surface area contributed by atoms with Gasteiger partial charge in [-0.3, -0.25) is 4.79 Å². The second-order valence-electron chi connectivity index (χ2n) is 5.30. The molecule has 0 saturated heterocycles. The van der Waals surface area contributed by atoms with Crippen molar-refractivity contribution < 1.29 is 14.6 Å².